The molecule has 0 spiro atoms. The number of ether oxygens (including phenoxy) is 4. The second-order valence-electron chi connectivity index (χ2n) is 4.60. The van der Waals surface area contributed by atoms with Crippen LogP contribution in [0.15, 0.2) is 0 Å². The average Bonchev–Trinajstić information content (AvgIpc) is 2.50. The quantitative estimate of drug-likeness (QED) is 0.220. The van der Waals surface area contributed by atoms with E-state index in [2.05, 4.69) is 5.32 Å². The van der Waals surface area contributed by atoms with Crippen LogP contribution < -0.4 is 11.1 Å². The van der Waals surface area contributed by atoms with Gasteiger partial charge in [0.25, 0.3) is 0 Å². The molecule has 0 bridgehead atoms. The lowest BCUT2D eigenvalue weighted by Gasteiger charge is -2.09. The number of hydrogen-bond donors (Lipinski definition) is 2. The summed E-state index contributed by atoms with van der Waals surface area (Å²) in [4.78, 5) is 11.3. The van der Waals surface area contributed by atoms with Crippen LogP contribution >= 0.6 is 0 Å². The number of amides is 1. The van der Waals surface area contributed by atoms with Crippen molar-refractivity contribution in [3.05, 3.63) is 0 Å². The van der Waals surface area contributed by atoms with Gasteiger partial charge in [-0.25, -0.2) is 8.42 Å². The Labute approximate surface area is 142 Å². The Kier molecular flexibility index (Phi) is 15.2. The third-order valence-electron chi connectivity index (χ3n) is 2.53. The minimum atomic E-state index is -4.30. The van der Waals surface area contributed by atoms with Gasteiger partial charge in [0.15, 0.2) is 0 Å². The molecule has 0 rings (SSSR count). The first-order chi connectivity index (χ1) is 11.5. The van der Waals surface area contributed by atoms with Crippen molar-refractivity contribution in [1.82, 2.24) is 5.32 Å². The topological polar surface area (TPSA) is 149 Å². The minimum Gasteiger partial charge on any atom is -0.748 e. The summed E-state index contributed by atoms with van der Waals surface area (Å²) in [7, 11) is -4.30. The third-order valence-corrected chi connectivity index (χ3v) is 3.23. The van der Waals surface area contributed by atoms with E-state index in [1.807, 2.05) is 0 Å². The summed E-state index contributed by atoms with van der Waals surface area (Å²) in [5.74, 6) is -0.987. The summed E-state index contributed by atoms with van der Waals surface area (Å²) >= 11 is 0. The van der Waals surface area contributed by atoms with Crippen molar-refractivity contribution in [3.63, 3.8) is 0 Å². The van der Waals surface area contributed by atoms with Crippen molar-refractivity contribution < 1.29 is 36.7 Å². The minimum absolute atomic E-state index is 0.0881. The number of nitrogens with one attached hydrogen (secondary N) is 1. The molecule has 0 fully saturated rings. The molecule has 1 amide bonds. The Balaban J connectivity index is 3.20. The maximum atomic E-state index is 11.3. The molecule has 0 unspecified atom stereocenters. The molecule has 0 aliphatic carbocycles. The summed E-state index contributed by atoms with van der Waals surface area (Å²) in [6, 6.07) is 0. The summed E-state index contributed by atoms with van der Waals surface area (Å²) in [6.07, 6.45) is 0.0881. The highest BCUT2D eigenvalue weighted by Crippen LogP contribution is 1.86. The maximum Gasteiger partial charge on any atom is 0.222 e. The SMILES string of the molecule is NCCOCCOCCOCCOCCC(=O)NCCS(=O)(=O)[O-]. The Morgan fingerprint density at radius 2 is 1.33 bits per heavy atom. The molecule has 0 atom stereocenters. The lowest BCUT2D eigenvalue weighted by molar-refractivity contribution is -0.122. The Hall–Kier alpha value is -0.820. The molecular formula is C13H27N2O8S-. The van der Waals surface area contributed by atoms with Gasteiger partial charge in [0.1, 0.15) is 0 Å². The van der Waals surface area contributed by atoms with Crippen LogP contribution in [0, 0.1) is 0 Å². The fraction of sp³-hybridized carbons (Fsp3) is 0.923. The second kappa shape index (κ2) is 15.7. The molecule has 0 aromatic carbocycles. The van der Waals surface area contributed by atoms with Crippen molar-refractivity contribution in [3.8, 4) is 0 Å². The van der Waals surface area contributed by atoms with Crippen LogP contribution in [0.25, 0.3) is 0 Å². The van der Waals surface area contributed by atoms with E-state index in [9.17, 15) is 17.8 Å². The average molecular weight is 371 g/mol. The van der Waals surface area contributed by atoms with Gasteiger partial charge in [0.2, 0.25) is 5.91 Å². The maximum absolute atomic E-state index is 11.3. The van der Waals surface area contributed by atoms with Gasteiger partial charge in [0, 0.05) is 19.5 Å². The van der Waals surface area contributed by atoms with Crippen LogP contribution in [-0.2, 0) is 33.9 Å². The van der Waals surface area contributed by atoms with Crippen molar-refractivity contribution in [2.45, 2.75) is 6.42 Å². The summed E-state index contributed by atoms with van der Waals surface area (Å²) in [5.41, 5.74) is 5.26. The van der Waals surface area contributed by atoms with Gasteiger partial charge in [-0.15, -0.1) is 0 Å². The second-order valence-corrected chi connectivity index (χ2v) is 6.12. The molecule has 0 aliphatic rings. The van der Waals surface area contributed by atoms with E-state index in [4.69, 9.17) is 24.7 Å². The molecule has 0 aromatic heterocycles. The van der Waals surface area contributed by atoms with Gasteiger partial charge in [-0.05, 0) is 0 Å². The fourth-order valence-electron chi connectivity index (χ4n) is 1.41. The predicted octanol–water partition coefficient (Wildman–Crippen LogP) is -1.94. The van der Waals surface area contributed by atoms with E-state index in [1.165, 1.54) is 0 Å². The van der Waals surface area contributed by atoms with Crippen LogP contribution in [-0.4, -0.2) is 90.6 Å². The van der Waals surface area contributed by atoms with Crippen LogP contribution in [0.3, 0.4) is 0 Å². The first-order valence-electron chi connectivity index (χ1n) is 7.67. The highest BCUT2D eigenvalue weighted by Gasteiger charge is 2.02. The molecular weight excluding hydrogens is 344 g/mol. The number of hydrogen-bond acceptors (Lipinski definition) is 9. The lowest BCUT2D eigenvalue weighted by Crippen LogP contribution is -2.29. The number of carbonyl (C=O) groups excluding carboxylic acids is 1. The monoisotopic (exact) mass is 371 g/mol. The fourth-order valence-corrected chi connectivity index (χ4v) is 1.77. The lowest BCUT2D eigenvalue weighted by atomic mass is 10.4. The van der Waals surface area contributed by atoms with E-state index < -0.39 is 15.9 Å². The summed E-state index contributed by atoms with van der Waals surface area (Å²) in [6.45, 7) is 3.61. The van der Waals surface area contributed by atoms with Crippen molar-refractivity contribution in [2.75, 3.05) is 71.7 Å². The molecule has 0 saturated carbocycles. The largest absolute Gasteiger partial charge is 0.748 e. The molecule has 10 nitrogen and oxygen atoms in total. The highest BCUT2D eigenvalue weighted by atomic mass is 32.2. The molecule has 3 N–H and O–H groups in total. The number of carbonyl (C=O) groups is 1. The van der Waals surface area contributed by atoms with Crippen LogP contribution in [0.2, 0.25) is 0 Å². The first-order valence-corrected chi connectivity index (χ1v) is 9.24. The van der Waals surface area contributed by atoms with Gasteiger partial charge < -0.3 is 34.6 Å². The zero-order valence-corrected chi connectivity index (χ0v) is 14.6. The first kappa shape index (κ1) is 23.2. The van der Waals surface area contributed by atoms with E-state index in [1.54, 1.807) is 0 Å². The van der Waals surface area contributed by atoms with Crippen LogP contribution in [0.1, 0.15) is 6.42 Å². The predicted molar refractivity (Wildman–Crippen MR) is 84.5 cm³/mol. The Bertz CT molecular complexity index is 405. The third kappa shape index (κ3) is 19.2. The molecule has 144 valence electrons. The Morgan fingerprint density at radius 1 is 0.875 bits per heavy atom. The summed E-state index contributed by atoms with van der Waals surface area (Å²) in [5, 5.41) is 2.32. The zero-order chi connectivity index (χ0) is 18.1. The van der Waals surface area contributed by atoms with E-state index in [-0.39, 0.29) is 25.5 Å². The molecule has 0 heterocycles. The van der Waals surface area contributed by atoms with Gasteiger partial charge in [-0.2, -0.15) is 0 Å². The van der Waals surface area contributed by atoms with Gasteiger partial charge in [-0.3, -0.25) is 4.79 Å². The molecule has 0 saturated heterocycles. The smallest absolute Gasteiger partial charge is 0.222 e. The Morgan fingerprint density at radius 3 is 1.79 bits per heavy atom. The number of rotatable bonds is 17. The molecule has 24 heavy (non-hydrogen) atoms. The van der Waals surface area contributed by atoms with Crippen LogP contribution in [0.5, 0.6) is 0 Å². The van der Waals surface area contributed by atoms with Gasteiger partial charge in [0.05, 0.1) is 68.7 Å². The van der Waals surface area contributed by atoms with Crippen molar-refractivity contribution in [1.29, 1.82) is 0 Å². The highest BCUT2D eigenvalue weighted by molar-refractivity contribution is 7.85. The molecule has 0 radical (unpaired) electrons. The zero-order valence-electron chi connectivity index (χ0n) is 13.7. The van der Waals surface area contributed by atoms with E-state index >= 15 is 0 Å². The van der Waals surface area contributed by atoms with Gasteiger partial charge >= 0.3 is 0 Å². The molecule has 0 aliphatic heterocycles. The molecule has 11 heteroatoms. The summed E-state index contributed by atoms with van der Waals surface area (Å²) < 4.78 is 51.8. The normalized spacial score (nSPS) is 11.6. The number of nitrogens with two attached hydrogens (primary N) is 1. The molecule has 0 aromatic rings. The van der Waals surface area contributed by atoms with Crippen molar-refractivity contribution in [2.24, 2.45) is 5.73 Å². The van der Waals surface area contributed by atoms with Crippen LogP contribution in [0.4, 0.5) is 0 Å². The van der Waals surface area contributed by atoms with E-state index in [0.29, 0.717) is 52.8 Å². The van der Waals surface area contributed by atoms with Crippen molar-refractivity contribution >= 4 is 16.0 Å². The standard InChI is InChI=1S/C13H28N2O8S/c14-2-5-21-7-9-23-11-10-22-8-6-20-4-1-13(16)15-3-12-24(17,18)19/h1-12,14H2,(H,15,16)(H,17,18,19)/p-1. The van der Waals surface area contributed by atoms with Gasteiger partial charge in [-0.1, -0.05) is 0 Å². The van der Waals surface area contributed by atoms with E-state index in [0.717, 1.165) is 0 Å².